The van der Waals surface area contributed by atoms with Gasteiger partial charge < -0.3 is 10.7 Å². The number of hydrogen-bond donors (Lipinski definition) is 2. The number of aromatic amines is 1. The van der Waals surface area contributed by atoms with E-state index in [4.69, 9.17) is 29.6 Å². The summed E-state index contributed by atoms with van der Waals surface area (Å²) in [6, 6.07) is 4.12. The van der Waals surface area contributed by atoms with E-state index in [1.54, 1.807) is 0 Å². The van der Waals surface area contributed by atoms with Crippen molar-refractivity contribution in [3.63, 3.8) is 0 Å². The topological polar surface area (TPSA) is 67.6 Å². The normalized spacial score (nSPS) is 10.4. The molecule has 0 spiro atoms. The summed E-state index contributed by atoms with van der Waals surface area (Å²) >= 11 is 10.6. The standard InChI is InChI=1S/C9H6ClFN4S/c10-4-1-2-6(11)5(3-4)7-13-8(12)15-9(16)14-7/h1-3H,(H3,12,13,14,15,16). The van der Waals surface area contributed by atoms with Crippen LogP contribution in [0, 0.1) is 10.6 Å². The average molecular weight is 257 g/mol. The van der Waals surface area contributed by atoms with Crippen molar-refractivity contribution < 1.29 is 4.39 Å². The number of benzene rings is 1. The molecule has 0 aliphatic heterocycles. The number of H-pyrrole nitrogens is 1. The van der Waals surface area contributed by atoms with Gasteiger partial charge in [0.25, 0.3) is 0 Å². The molecule has 0 radical (unpaired) electrons. The minimum absolute atomic E-state index is 0.0469. The molecular formula is C9H6ClFN4S. The molecule has 0 fully saturated rings. The minimum atomic E-state index is -0.465. The van der Waals surface area contributed by atoms with Crippen molar-refractivity contribution in [1.29, 1.82) is 0 Å². The van der Waals surface area contributed by atoms with Gasteiger partial charge in [0, 0.05) is 5.02 Å². The lowest BCUT2D eigenvalue weighted by Gasteiger charge is -2.03. The van der Waals surface area contributed by atoms with Crippen molar-refractivity contribution in [1.82, 2.24) is 15.0 Å². The van der Waals surface area contributed by atoms with Crippen molar-refractivity contribution in [3.05, 3.63) is 33.8 Å². The van der Waals surface area contributed by atoms with Crippen molar-refractivity contribution in [2.75, 3.05) is 5.73 Å². The number of nitrogens with one attached hydrogen (secondary N) is 1. The van der Waals surface area contributed by atoms with Gasteiger partial charge in [0.05, 0.1) is 5.56 Å². The van der Waals surface area contributed by atoms with Crippen LogP contribution in [0.2, 0.25) is 5.02 Å². The predicted molar refractivity (Wildman–Crippen MR) is 62.0 cm³/mol. The molecule has 0 amide bonds. The first kappa shape index (κ1) is 11.0. The maximum atomic E-state index is 13.5. The first-order valence-electron chi connectivity index (χ1n) is 4.25. The number of anilines is 1. The van der Waals surface area contributed by atoms with Crippen LogP contribution in [0.5, 0.6) is 0 Å². The fourth-order valence-electron chi connectivity index (χ4n) is 1.21. The Balaban J connectivity index is 2.66. The largest absolute Gasteiger partial charge is 0.369 e. The summed E-state index contributed by atoms with van der Waals surface area (Å²) in [6.45, 7) is 0. The molecule has 0 aliphatic rings. The Hall–Kier alpha value is -1.53. The fourth-order valence-corrected chi connectivity index (χ4v) is 1.57. The molecule has 4 nitrogen and oxygen atoms in total. The summed E-state index contributed by atoms with van der Waals surface area (Å²) < 4.78 is 13.6. The summed E-state index contributed by atoms with van der Waals surface area (Å²) in [5, 5.41) is 0.396. The molecule has 1 aromatic heterocycles. The lowest BCUT2D eigenvalue weighted by atomic mass is 10.2. The quantitative estimate of drug-likeness (QED) is 0.770. The lowest BCUT2D eigenvalue weighted by molar-refractivity contribution is 0.630. The summed E-state index contributed by atoms with van der Waals surface area (Å²) in [6.07, 6.45) is 0. The van der Waals surface area contributed by atoms with Gasteiger partial charge in [-0.05, 0) is 30.4 Å². The predicted octanol–water partition coefficient (Wildman–Crippen LogP) is 2.58. The van der Waals surface area contributed by atoms with Gasteiger partial charge in [-0.25, -0.2) is 9.37 Å². The molecule has 0 aliphatic carbocycles. The van der Waals surface area contributed by atoms with Gasteiger partial charge in [0.1, 0.15) is 11.6 Å². The Morgan fingerprint density at radius 2 is 2.12 bits per heavy atom. The maximum Gasteiger partial charge on any atom is 0.224 e. The highest BCUT2D eigenvalue weighted by atomic mass is 35.5. The van der Waals surface area contributed by atoms with Gasteiger partial charge in [-0.1, -0.05) is 11.6 Å². The molecule has 82 valence electrons. The third-order valence-electron chi connectivity index (χ3n) is 1.85. The van der Waals surface area contributed by atoms with Gasteiger partial charge >= 0.3 is 0 Å². The first-order chi connectivity index (χ1) is 7.56. The fraction of sp³-hybridized carbons (Fsp3) is 0. The first-order valence-corrected chi connectivity index (χ1v) is 5.04. The molecule has 2 rings (SSSR count). The molecule has 16 heavy (non-hydrogen) atoms. The number of nitrogens with zero attached hydrogens (tertiary/aromatic N) is 2. The molecule has 0 saturated carbocycles. The molecule has 3 N–H and O–H groups in total. The smallest absolute Gasteiger partial charge is 0.224 e. The zero-order valence-corrected chi connectivity index (χ0v) is 9.44. The van der Waals surface area contributed by atoms with E-state index in [9.17, 15) is 4.39 Å². The van der Waals surface area contributed by atoms with Gasteiger partial charge in [-0.15, -0.1) is 0 Å². The Labute approximate surface area is 100 Å². The number of halogens is 2. The number of nitrogens with two attached hydrogens (primary N) is 1. The van der Waals surface area contributed by atoms with Crippen molar-refractivity contribution in [2.24, 2.45) is 0 Å². The van der Waals surface area contributed by atoms with Crippen LogP contribution >= 0.6 is 23.8 Å². The minimum Gasteiger partial charge on any atom is -0.369 e. The van der Waals surface area contributed by atoms with Crippen LogP contribution in [0.15, 0.2) is 18.2 Å². The zero-order valence-electron chi connectivity index (χ0n) is 7.87. The van der Waals surface area contributed by atoms with Crippen molar-refractivity contribution in [2.45, 2.75) is 0 Å². The van der Waals surface area contributed by atoms with Gasteiger partial charge in [-0.3, -0.25) is 0 Å². The Kier molecular flexibility index (Phi) is 2.84. The van der Waals surface area contributed by atoms with E-state index in [1.165, 1.54) is 18.2 Å². The molecule has 7 heteroatoms. The molecule has 0 saturated heterocycles. The van der Waals surface area contributed by atoms with Crippen LogP contribution in [0.3, 0.4) is 0 Å². The third kappa shape index (κ3) is 2.17. The number of nitrogen functional groups attached to an aromatic ring is 1. The van der Waals surface area contributed by atoms with E-state index >= 15 is 0 Å². The lowest BCUT2D eigenvalue weighted by Crippen LogP contribution is -2.00. The van der Waals surface area contributed by atoms with Crippen LogP contribution in [0.25, 0.3) is 11.4 Å². The molecular weight excluding hydrogens is 251 g/mol. The molecule has 0 atom stereocenters. The molecule has 0 bridgehead atoms. The highest BCUT2D eigenvalue weighted by Crippen LogP contribution is 2.23. The van der Waals surface area contributed by atoms with E-state index in [1.807, 2.05) is 0 Å². The zero-order chi connectivity index (χ0) is 11.7. The maximum absolute atomic E-state index is 13.5. The highest BCUT2D eigenvalue weighted by Gasteiger charge is 2.08. The second-order valence-electron chi connectivity index (χ2n) is 2.99. The van der Waals surface area contributed by atoms with E-state index < -0.39 is 5.82 Å². The van der Waals surface area contributed by atoms with Crippen LogP contribution in [-0.2, 0) is 0 Å². The second kappa shape index (κ2) is 4.15. The monoisotopic (exact) mass is 256 g/mol. The average Bonchev–Trinajstić information content (AvgIpc) is 2.20. The Bertz CT molecular complexity index is 598. The molecule has 1 aromatic carbocycles. The molecule has 2 aromatic rings. The van der Waals surface area contributed by atoms with Crippen molar-refractivity contribution >= 4 is 29.8 Å². The van der Waals surface area contributed by atoms with Crippen LogP contribution in [0.4, 0.5) is 10.3 Å². The highest BCUT2D eigenvalue weighted by molar-refractivity contribution is 7.71. The third-order valence-corrected chi connectivity index (χ3v) is 2.27. The Morgan fingerprint density at radius 3 is 2.81 bits per heavy atom. The van der Waals surface area contributed by atoms with Crippen LogP contribution in [0.1, 0.15) is 0 Å². The van der Waals surface area contributed by atoms with E-state index in [0.29, 0.717) is 5.02 Å². The van der Waals surface area contributed by atoms with E-state index in [-0.39, 0.29) is 22.1 Å². The van der Waals surface area contributed by atoms with Gasteiger partial charge in [0.2, 0.25) is 10.7 Å². The summed E-state index contributed by atoms with van der Waals surface area (Å²) in [5.41, 5.74) is 5.66. The molecule has 0 unspecified atom stereocenters. The molecule has 1 heterocycles. The van der Waals surface area contributed by atoms with E-state index in [2.05, 4.69) is 15.0 Å². The number of aromatic nitrogens is 3. The Morgan fingerprint density at radius 1 is 1.38 bits per heavy atom. The number of hydrogen-bond acceptors (Lipinski definition) is 4. The second-order valence-corrected chi connectivity index (χ2v) is 3.79. The van der Waals surface area contributed by atoms with Crippen molar-refractivity contribution in [3.8, 4) is 11.4 Å². The van der Waals surface area contributed by atoms with E-state index in [0.717, 1.165) is 0 Å². The number of rotatable bonds is 1. The summed E-state index contributed by atoms with van der Waals surface area (Å²) in [4.78, 5) is 10.2. The van der Waals surface area contributed by atoms with Gasteiger partial charge in [-0.2, -0.15) is 4.98 Å². The van der Waals surface area contributed by atoms with Crippen LogP contribution < -0.4 is 5.73 Å². The SMILES string of the molecule is Nc1nc(=S)nc(-c2cc(Cl)ccc2F)[nH]1. The van der Waals surface area contributed by atoms with Crippen LogP contribution in [-0.4, -0.2) is 15.0 Å². The summed E-state index contributed by atoms with van der Waals surface area (Å²) in [7, 11) is 0. The van der Waals surface area contributed by atoms with Gasteiger partial charge in [0.15, 0.2) is 0 Å². The summed E-state index contributed by atoms with van der Waals surface area (Å²) in [5.74, 6) is -0.181.